The summed E-state index contributed by atoms with van der Waals surface area (Å²) >= 11 is 0. The van der Waals surface area contributed by atoms with Gasteiger partial charge in [0.2, 0.25) is 0 Å². The molecule has 0 bridgehead atoms. The summed E-state index contributed by atoms with van der Waals surface area (Å²) in [6, 6.07) is 7.90. The van der Waals surface area contributed by atoms with Crippen molar-refractivity contribution in [2.45, 2.75) is 6.92 Å². The Labute approximate surface area is 65.1 Å². The molecule has 0 unspecified atom stereocenters. The third kappa shape index (κ3) is 3.82. The predicted octanol–water partition coefficient (Wildman–Crippen LogP) is 1.63. The Morgan fingerprint density at radius 1 is 1.18 bits per heavy atom. The van der Waals surface area contributed by atoms with Gasteiger partial charge in [-0.2, -0.15) is 5.26 Å². The molecule has 0 aliphatic carbocycles. The Kier molecular flexibility index (Phi) is 4.34. The molecule has 3 nitrogen and oxygen atoms in total. The second-order valence-corrected chi connectivity index (χ2v) is 1.71. The molecule has 1 rings (SSSR count). The van der Waals surface area contributed by atoms with E-state index in [0.717, 1.165) is 0 Å². The van der Waals surface area contributed by atoms with Crippen LogP contribution >= 0.6 is 0 Å². The third-order valence-corrected chi connectivity index (χ3v) is 0.882. The molecule has 11 heavy (non-hydrogen) atoms. The average Bonchev–Trinajstić information content (AvgIpc) is 1.97. The largest absolute Gasteiger partial charge is 0.504 e. The van der Waals surface area contributed by atoms with Crippen molar-refractivity contribution >= 4 is 0 Å². The fraction of sp³-hybridized carbons (Fsp3) is 0.125. The van der Waals surface area contributed by atoms with Crippen molar-refractivity contribution in [3.63, 3.8) is 0 Å². The zero-order chi connectivity index (χ0) is 8.69. The topological polar surface area (TPSA) is 64.2 Å². The Balaban J connectivity index is 0.000000292. The smallest absolute Gasteiger partial charge is 0.157 e. The van der Waals surface area contributed by atoms with Crippen molar-refractivity contribution in [3.8, 4) is 17.6 Å². The van der Waals surface area contributed by atoms with Crippen molar-refractivity contribution in [2.75, 3.05) is 0 Å². The van der Waals surface area contributed by atoms with Crippen molar-refractivity contribution in [1.29, 1.82) is 5.26 Å². The molecule has 0 amide bonds. The van der Waals surface area contributed by atoms with Crippen molar-refractivity contribution in [2.24, 2.45) is 0 Å². The molecule has 0 atom stereocenters. The molecule has 58 valence electrons. The normalized spacial score (nSPS) is 7.27. The Morgan fingerprint density at radius 3 is 1.64 bits per heavy atom. The Hall–Kier alpha value is -1.69. The highest BCUT2D eigenvalue weighted by Gasteiger charge is 1.90. The number of para-hydroxylation sites is 2. The fourth-order valence-corrected chi connectivity index (χ4v) is 0.464. The summed E-state index contributed by atoms with van der Waals surface area (Å²) in [7, 11) is 0. The SMILES string of the molecule is CC#N.Oc1ccccc1O. The van der Waals surface area contributed by atoms with Gasteiger partial charge in [-0.15, -0.1) is 0 Å². The first-order chi connectivity index (χ1) is 5.22. The first-order valence-electron chi connectivity index (χ1n) is 3.00. The molecule has 1 aromatic carbocycles. The van der Waals surface area contributed by atoms with Crippen LogP contribution < -0.4 is 0 Å². The van der Waals surface area contributed by atoms with Crippen LogP contribution in [0.4, 0.5) is 0 Å². The molecule has 0 heterocycles. The van der Waals surface area contributed by atoms with Gasteiger partial charge in [0, 0.05) is 6.92 Å². The molecule has 0 saturated carbocycles. The number of aromatic hydroxyl groups is 2. The number of hydrogen-bond donors (Lipinski definition) is 2. The molecule has 1 aromatic rings. The zero-order valence-corrected chi connectivity index (χ0v) is 6.15. The van der Waals surface area contributed by atoms with E-state index >= 15 is 0 Å². The van der Waals surface area contributed by atoms with Crippen LogP contribution in [0.3, 0.4) is 0 Å². The standard InChI is InChI=1S/C6H6O2.C2H3N/c7-5-3-1-2-4-6(5)8;1-2-3/h1-4,7-8H;1H3. The highest BCUT2D eigenvalue weighted by atomic mass is 16.3. The number of benzene rings is 1. The van der Waals surface area contributed by atoms with Crippen LogP contribution in [0.2, 0.25) is 0 Å². The van der Waals surface area contributed by atoms with Crippen molar-refractivity contribution in [3.05, 3.63) is 24.3 Å². The van der Waals surface area contributed by atoms with E-state index in [-0.39, 0.29) is 11.5 Å². The summed E-state index contributed by atoms with van der Waals surface area (Å²) in [5.74, 6) is -0.153. The van der Waals surface area contributed by atoms with Gasteiger partial charge < -0.3 is 10.2 Å². The van der Waals surface area contributed by atoms with Crippen LogP contribution in [0, 0.1) is 11.3 Å². The first-order valence-corrected chi connectivity index (χ1v) is 3.00. The second-order valence-electron chi connectivity index (χ2n) is 1.71. The summed E-state index contributed by atoms with van der Waals surface area (Å²) < 4.78 is 0. The van der Waals surface area contributed by atoms with Gasteiger partial charge in [0.1, 0.15) is 0 Å². The lowest BCUT2D eigenvalue weighted by Crippen LogP contribution is -1.63. The molecule has 2 N–H and O–H groups in total. The summed E-state index contributed by atoms with van der Waals surface area (Å²) in [6.45, 7) is 1.43. The molecule has 0 saturated heterocycles. The minimum Gasteiger partial charge on any atom is -0.504 e. The molecule has 0 spiro atoms. The summed E-state index contributed by atoms with van der Waals surface area (Å²) in [4.78, 5) is 0. The molecular formula is C8H9NO2. The molecule has 0 radical (unpaired) electrons. The number of phenolic OH excluding ortho intramolecular Hbond substituents is 2. The van der Waals surface area contributed by atoms with Crippen LogP contribution in [0.25, 0.3) is 0 Å². The van der Waals surface area contributed by atoms with Gasteiger partial charge >= 0.3 is 0 Å². The first kappa shape index (κ1) is 9.31. The van der Waals surface area contributed by atoms with E-state index in [4.69, 9.17) is 15.5 Å². The average molecular weight is 151 g/mol. The lowest BCUT2D eigenvalue weighted by molar-refractivity contribution is 0.404. The van der Waals surface area contributed by atoms with Gasteiger partial charge in [-0.3, -0.25) is 0 Å². The quantitative estimate of drug-likeness (QED) is 0.554. The van der Waals surface area contributed by atoms with Crippen LogP contribution in [0.1, 0.15) is 6.92 Å². The summed E-state index contributed by atoms with van der Waals surface area (Å²) in [6.07, 6.45) is 0. The van der Waals surface area contributed by atoms with E-state index in [0.29, 0.717) is 0 Å². The van der Waals surface area contributed by atoms with E-state index in [1.54, 1.807) is 18.2 Å². The molecule has 0 aliphatic heterocycles. The molecule has 0 fully saturated rings. The summed E-state index contributed by atoms with van der Waals surface area (Å²) in [5.41, 5.74) is 0. The minimum absolute atomic E-state index is 0.0764. The fourth-order valence-electron chi connectivity index (χ4n) is 0.464. The van der Waals surface area contributed by atoms with Gasteiger partial charge in [-0.1, -0.05) is 12.1 Å². The maximum Gasteiger partial charge on any atom is 0.157 e. The number of rotatable bonds is 0. The predicted molar refractivity (Wildman–Crippen MR) is 41.1 cm³/mol. The highest BCUT2D eigenvalue weighted by molar-refractivity contribution is 5.36. The Bertz CT molecular complexity index is 232. The summed E-state index contributed by atoms with van der Waals surface area (Å²) in [5, 5.41) is 24.7. The number of nitriles is 1. The number of phenols is 2. The number of hydrogen-bond acceptors (Lipinski definition) is 3. The van der Waals surface area contributed by atoms with E-state index in [1.807, 2.05) is 0 Å². The van der Waals surface area contributed by atoms with Crippen LogP contribution in [0.15, 0.2) is 24.3 Å². The zero-order valence-electron chi connectivity index (χ0n) is 6.15. The van der Waals surface area contributed by atoms with E-state index in [1.165, 1.54) is 19.1 Å². The Morgan fingerprint density at radius 2 is 1.45 bits per heavy atom. The van der Waals surface area contributed by atoms with E-state index in [2.05, 4.69) is 0 Å². The molecule has 0 aromatic heterocycles. The van der Waals surface area contributed by atoms with Crippen LogP contribution in [0.5, 0.6) is 11.5 Å². The van der Waals surface area contributed by atoms with Crippen molar-refractivity contribution in [1.82, 2.24) is 0 Å². The van der Waals surface area contributed by atoms with Crippen molar-refractivity contribution < 1.29 is 10.2 Å². The van der Waals surface area contributed by atoms with Crippen LogP contribution in [-0.4, -0.2) is 10.2 Å². The van der Waals surface area contributed by atoms with Crippen LogP contribution in [-0.2, 0) is 0 Å². The third-order valence-electron chi connectivity index (χ3n) is 0.882. The lowest BCUT2D eigenvalue weighted by Gasteiger charge is -1.91. The highest BCUT2D eigenvalue weighted by Crippen LogP contribution is 2.21. The lowest BCUT2D eigenvalue weighted by atomic mass is 10.3. The van der Waals surface area contributed by atoms with Gasteiger partial charge in [0.05, 0.1) is 6.07 Å². The molecule has 0 aliphatic rings. The van der Waals surface area contributed by atoms with Gasteiger partial charge in [0.25, 0.3) is 0 Å². The second kappa shape index (κ2) is 5.12. The number of nitrogens with zero attached hydrogens (tertiary/aromatic N) is 1. The maximum atomic E-state index is 8.67. The molecule has 3 heteroatoms. The van der Waals surface area contributed by atoms with E-state index in [9.17, 15) is 0 Å². The maximum absolute atomic E-state index is 8.67. The van der Waals surface area contributed by atoms with Gasteiger partial charge in [-0.05, 0) is 12.1 Å². The minimum atomic E-state index is -0.0764. The van der Waals surface area contributed by atoms with Gasteiger partial charge in [-0.25, -0.2) is 0 Å². The van der Waals surface area contributed by atoms with Gasteiger partial charge in [0.15, 0.2) is 11.5 Å². The van der Waals surface area contributed by atoms with E-state index < -0.39 is 0 Å². The molecular weight excluding hydrogens is 142 g/mol. The monoisotopic (exact) mass is 151 g/mol.